The Kier molecular flexibility index (Phi) is 5.61. The number of aromatic nitrogens is 3. The SMILES string of the molecule is O=C(CSc1nnc(-c2ccc3c(c2)OCO3)o1)N[C@@H](Cc1c[nH]c2ccccc12)C(=O)O. The molecule has 0 radical (unpaired) electrons. The zero-order chi connectivity index (χ0) is 22.8. The summed E-state index contributed by atoms with van der Waals surface area (Å²) < 4.78 is 16.2. The van der Waals surface area contributed by atoms with E-state index in [-0.39, 0.29) is 30.1 Å². The van der Waals surface area contributed by atoms with E-state index in [4.69, 9.17) is 13.9 Å². The van der Waals surface area contributed by atoms with Crippen molar-refractivity contribution in [2.75, 3.05) is 12.5 Å². The van der Waals surface area contributed by atoms with Crippen LogP contribution in [0.15, 0.2) is 58.3 Å². The van der Waals surface area contributed by atoms with E-state index in [0.717, 1.165) is 28.2 Å². The number of H-pyrrole nitrogens is 1. The van der Waals surface area contributed by atoms with Crippen molar-refractivity contribution in [2.45, 2.75) is 17.7 Å². The molecule has 0 unspecified atom stereocenters. The fraction of sp³-hybridized carbons (Fsp3) is 0.182. The number of para-hydroxylation sites is 1. The van der Waals surface area contributed by atoms with Gasteiger partial charge in [-0.1, -0.05) is 30.0 Å². The Bertz CT molecular complexity index is 1330. The summed E-state index contributed by atoms with van der Waals surface area (Å²) in [6.45, 7) is 0.163. The fourth-order valence-electron chi connectivity index (χ4n) is 3.50. The largest absolute Gasteiger partial charge is 0.480 e. The van der Waals surface area contributed by atoms with Crippen LogP contribution < -0.4 is 14.8 Å². The Labute approximate surface area is 191 Å². The van der Waals surface area contributed by atoms with Crippen LogP contribution in [0.4, 0.5) is 0 Å². The molecule has 0 spiro atoms. The van der Waals surface area contributed by atoms with Gasteiger partial charge in [0, 0.05) is 29.1 Å². The molecule has 10 nitrogen and oxygen atoms in total. The number of nitrogens with one attached hydrogen (secondary N) is 2. The number of amides is 1. The monoisotopic (exact) mass is 466 g/mol. The number of thioether (sulfide) groups is 1. The summed E-state index contributed by atoms with van der Waals surface area (Å²) in [6, 6.07) is 11.8. The van der Waals surface area contributed by atoms with Gasteiger partial charge in [-0.05, 0) is 29.8 Å². The highest BCUT2D eigenvalue weighted by molar-refractivity contribution is 7.99. The highest BCUT2D eigenvalue weighted by Gasteiger charge is 2.23. The lowest BCUT2D eigenvalue weighted by Crippen LogP contribution is -2.43. The van der Waals surface area contributed by atoms with Gasteiger partial charge in [0.2, 0.25) is 18.6 Å². The first-order valence-corrected chi connectivity index (χ1v) is 11.0. The maximum absolute atomic E-state index is 12.4. The van der Waals surface area contributed by atoms with Gasteiger partial charge in [0.1, 0.15) is 6.04 Å². The van der Waals surface area contributed by atoms with Crippen LogP contribution in [0.2, 0.25) is 0 Å². The van der Waals surface area contributed by atoms with Crippen molar-refractivity contribution < 1.29 is 28.6 Å². The van der Waals surface area contributed by atoms with E-state index >= 15 is 0 Å². The Hall–Kier alpha value is -3.99. The summed E-state index contributed by atoms with van der Waals surface area (Å²) >= 11 is 1.03. The van der Waals surface area contributed by atoms with Gasteiger partial charge in [-0.15, -0.1) is 10.2 Å². The highest BCUT2D eigenvalue weighted by Crippen LogP contribution is 2.36. The summed E-state index contributed by atoms with van der Waals surface area (Å²) in [4.78, 5) is 27.2. The van der Waals surface area contributed by atoms with Gasteiger partial charge in [0.25, 0.3) is 5.22 Å². The normalized spacial score (nSPS) is 13.2. The molecule has 168 valence electrons. The van der Waals surface area contributed by atoms with E-state index in [2.05, 4.69) is 20.5 Å². The third kappa shape index (κ3) is 4.48. The Morgan fingerprint density at radius 2 is 2.00 bits per heavy atom. The van der Waals surface area contributed by atoms with Crippen LogP contribution in [0.25, 0.3) is 22.4 Å². The number of carbonyl (C=O) groups is 2. The molecule has 0 bridgehead atoms. The summed E-state index contributed by atoms with van der Waals surface area (Å²) in [6.07, 6.45) is 1.92. The van der Waals surface area contributed by atoms with E-state index in [1.54, 1.807) is 24.4 Å². The molecule has 2 aromatic carbocycles. The maximum Gasteiger partial charge on any atom is 0.326 e. The van der Waals surface area contributed by atoms with Gasteiger partial charge in [0.05, 0.1) is 5.75 Å². The molecule has 4 aromatic rings. The van der Waals surface area contributed by atoms with Gasteiger partial charge in [-0.25, -0.2) is 4.79 Å². The molecular formula is C22H18N4O6S. The number of hydrogen-bond acceptors (Lipinski definition) is 8. The van der Waals surface area contributed by atoms with Crippen molar-refractivity contribution in [3.63, 3.8) is 0 Å². The summed E-state index contributed by atoms with van der Waals surface area (Å²) in [5, 5.41) is 21.2. The van der Waals surface area contributed by atoms with E-state index in [1.165, 1.54) is 0 Å². The second-order valence-electron chi connectivity index (χ2n) is 7.25. The minimum absolute atomic E-state index is 0.0690. The first-order chi connectivity index (χ1) is 16.1. The average Bonchev–Trinajstić information content (AvgIpc) is 3.56. The first-order valence-electron chi connectivity index (χ1n) is 10.0. The predicted octanol–water partition coefficient (Wildman–Crippen LogP) is 2.85. The number of nitrogens with zero attached hydrogens (tertiary/aromatic N) is 2. The average molecular weight is 466 g/mol. The molecular weight excluding hydrogens is 448 g/mol. The van der Waals surface area contributed by atoms with E-state index < -0.39 is 17.9 Å². The number of carbonyl (C=O) groups excluding carboxylic acids is 1. The molecule has 0 aliphatic carbocycles. The molecule has 0 fully saturated rings. The van der Waals surface area contributed by atoms with Crippen LogP contribution in [0.3, 0.4) is 0 Å². The smallest absolute Gasteiger partial charge is 0.326 e. The number of carboxylic acids is 1. The Morgan fingerprint density at radius 1 is 1.15 bits per heavy atom. The molecule has 1 amide bonds. The van der Waals surface area contributed by atoms with Crippen molar-refractivity contribution >= 4 is 34.5 Å². The van der Waals surface area contributed by atoms with Crippen molar-refractivity contribution in [3.05, 3.63) is 54.2 Å². The molecule has 1 aliphatic heterocycles. The van der Waals surface area contributed by atoms with Gasteiger partial charge in [-0.3, -0.25) is 4.79 Å². The molecule has 5 rings (SSSR count). The predicted molar refractivity (Wildman–Crippen MR) is 118 cm³/mol. The molecule has 2 aromatic heterocycles. The minimum Gasteiger partial charge on any atom is -0.480 e. The quantitative estimate of drug-likeness (QED) is 0.334. The standard InChI is InChI=1S/C22H18N4O6S/c27-19(24-16(21(28)29)7-13-9-23-15-4-2-1-3-14(13)15)10-33-22-26-25-20(32-22)12-5-6-17-18(8-12)31-11-30-17/h1-6,8-9,16,23H,7,10-11H2,(H,24,27)(H,28,29)/t16-/m0/s1. The second kappa shape index (κ2) is 8.87. The first kappa shape index (κ1) is 20.9. The van der Waals surface area contributed by atoms with Crippen molar-refractivity contribution in [1.82, 2.24) is 20.5 Å². The van der Waals surface area contributed by atoms with Gasteiger partial charge in [-0.2, -0.15) is 0 Å². The van der Waals surface area contributed by atoms with Crippen LogP contribution in [-0.4, -0.2) is 50.8 Å². The third-order valence-corrected chi connectivity index (χ3v) is 5.90. The van der Waals surface area contributed by atoms with Crippen LogP contribution in [-0.2, 0) is 16.0 Å². The maximum atomic E-state index is 12.4. The molecule has 3 heterocycles. The van der Waals surface area contributed by atoms with Crippen molar-refractivity contribution in [1.29, 1.82) is 0 Å². The minimum atomic E-state index is -1.11. The van der Waals surface area contributed by atoms with Crippen molar-refractivity contribution in [3.8, 4) is 23.0 Å². The van der Waals surface area contributed by atoms with E-state index in [0.29, 0.717) is 17.1 Å². The lowest BCUT2D eigenvalue weighted by atomic mass is 10.1. The second-order valence-corrected chi connectivity index (χ2v) is 8.18. The molecule has 0 saturated heterocycles. The number of fused-ring (bicyclic) bond motifs is 2. The zero-order valence-corrected chi connectivity index (χ0v) is 17.9. The van der Waals surface area contributed by atoms with Gasteiger partial charge < -0.3 is 29.3 Å². The van der Waals surface area contributed by atoms with Crippen LogP contribution in [0, 0.1) is 0 Å². The molecule has 0 saturated carbocycles. The van der Waals surface area contributed by atoms with Crippen molar-refractivity contribution in [2.24, 2.45) is 0 Å². The summed E-state index contributed by atoms with van der Waals surface area (Å²) in [5.74, 6) is -0.115. The Morgan fingerprint density at radius 3 is 2.88 bits per heavy atom. The third-order valence-electron chi connectivity index (χ3n) is 5.08. The summed E-state index contributed by atoms with van der Waals surface area (Å²) in [7, 11) is 0. The number of carboxylic acid groups (broad SMARTS) is 1. The highest BCUT2D eigenvalue weighted by atomic mass is 32.2. The lowest BCUT2D eigenvalue weighted by molar-refractivity contribution is -0.141. The fourth-order valence-corrected chi connectivity index (χ4v) is 4.07. The van der Waals surface area contributed by atoms with Crippen LogP contribution in [0.5, 0.6) is 11.5 Å². The van der Waals surface area contributed by atoms with E-state index in [9.17, 15) is 14.7 Å². The number of hydrogen-bond donors (Lipinski definition) is 3. The van der Waals surface area contributed by atoms with Gasteiger partial charge >= 0.3 is 5.97 Å². The van der Waals surface area contributed by atoms with Crippen LogP contribution in [0.1, 0.15) is 5.56 Å². The lowest BCUT2D eigenvalue weighted by Gasteiger charge is -2.13. The molecule has 3 N–H and O–H groups in total. The number of aliphatic carboxylic acids is 1. The number of aromatic amines is 1. The molecule has 11 heteroatoms. The number of rotatable bonds is 8. The summed E-state index contributed by atoms with van der Waals surface area (Å²) in [5.41, 5.74) is 2.39. The van der Waals surface area contributed by atoms with E-state index in [1.807, 2.05) is 24.3 Å². The molecule has 1 atom stereocenters. The molecule has 1 aliphatic rings. The number of benzene rings is 2. The molecule has 33 heavy (non-hydrogen) atoms. The topological polar surface area (TPSA) is 140 Å². The van der Waals surface area contributed by atoms with Crippen LogP contribution >= 0.6 is 11.8 Å². The zero-order valence-electron chi connectivity index (χ0n) is 17.1. The Balaban J connectivity index is 1.19. The number of ether oxygens (including phenoxy) is 2. The van der Waals surface area contributed by atoms with Gasteiger partial charge in [0.15, 0.2) is 11.5 Å².